The van der Waals surface area contributed by atoms with E-state index >= 15 is 0 Å². The van der Waals surface area contributed by atoms with Gasteiger partial charge >= 0.3 is 0 Å². The standard InChI is InChI=1S/C18H23NO/c1-4-12-20-17-10-8-16(9-11-17)13-19-18-14(2)6-5-7-15(18)3/h5-11,19H,4,12-13H2,1-3H3. The highest BCUT2D eigenvalue weighted by molar-refractivity contribution is 5.56. The summed E-state index contributed by atoms with van der Waals surface area (Å²) in [4.78, 5) is 0. The van der Waals surface area contributed by atoms with Crippen molar-refractivity contribution in [2.45, 2.75) is 33.7 Å². The van der Waals surface area contributed by atoms with Crippen molar-refractivity contribution in [1.82, 2.24) is 0 Å². The van der Waals surface area contributed by atoms with E-state index in [2.05, 4.69) is 56.4 Å². The molecule has 2 aromatic rings. The molecule has 0 unspecified atom stereocenters. The summed E-state index contributed by atoms with van der Waals surface area (Å²) in [5, 5.41) is 3.52. The molecule has 2 nitrogen and oxygen atoms in total. The molecule has 0 saturated heterocycles. The van der Waals surface area contributed by atoms with Gasteiger partial charge in [0.05, 0.1) is 6.61 Å². The highest BCUT2D eigenvalue weighted by Gasteiger charge is 2.01. The lowest BCUT2D eigenvalue weighted by atomic mass is 10.1. The molecule has 0 fully saturated rings. The number of aryl methyl sites for hydroxylation is 2. The molecule has 0 spiro atoms. The second-order valence-electron chi connectivity index (χ2n) is 5.11. The molecule has 0 atom stereocenters. The van der Waals surface area contributed by atoms with Crippen molar-refractivity contribution < 1.29 is 4.74 Å². The van der Waals surface area contributed by atoms with Crippen LogP contribution in [-0.2, 0) is 6.54 Å². The van der Waals surface area contributed by atoms with Gasteiger partial charge in [0.2, 0.25) is 0 Å². The Labute approximate surface area is 121 Å². The Morgan fingerprint density at radius 1 is 0.950 bits per heavy atom. The molecule has 106 valence electrons. The zero-order valence-corrected chi connectivity index (χ0v) is 12.6. The summed E-state index contributed by atoms with van der Waals surface area (Å²) in [7, 11) is 0. The van der Waals surface area contributed by atoms with Gasteiger partial charge in [-0.05, 0) is 49.1 Å². The van der Waals surface area contributed by atoms with Gasteiger partial charge in [-0.25, -0.2) is 0 Å². The summed E-state index contributed by atoms with van der Waals surface area (Å²) in [6.45, 7) is 8.00. The Morgan fingerprint density at radius 3 is 2.20 bits per heavy atom. The molecule has 1 N–H and O–H groups in total. The largest absolute Gasteiger partial charge is 0.494 e. The Morgan fingerprint density at radius 2 is 1.60 bits per heavy atom. The quantitative estimate of drug-likeness (QED) is 0.820. The monoisotopic (exact) mass is 269 g/mol. The van der Waals surface area contributed by atoms with E-state index in [0.717, 1.165) is 25.3 Å². The Hall–Kier alpha value is -1.96. The normalized spacial score (nSPS) is 10.3. The summed E-state index contributed by atoms with van der Waals surface area (Å²) in [5.41, 5.74) is 5.07. The van der Waals surface area contributed by atoms with Crippen LogP contribution in [0, 0.1) is 13.8 Å². The molecular formula is C18H23NO. The number of para-hydroxylation sites is 1. The predicted molar refractivity (Wildman–Crippen MR) is 85.5 cm³/mol. The number of ether oxygens (including phenoxy) is 1. The minimum Gasteiger partial charge on any atom is -0.494 e. The molecule has 2 heteroatoms. The highest BCUT2D eigenvalue weighted by Crippen LogP contribution is 2.21. The van der Waals surface area contributed by atoms with Gasteiger partial charge < -0.3 is 10.1 Å². The average Bonchev–Trinajstić information content (AvgIpc) is 2.46. The van der Waals surface area contributed by atoms with E-state index in [-0.39, 0.29) is 0 Å². The van der Waals surface area contributed by atoms with Crippen molar-refractivity contribution >= 4 is 5.69 Å². The summed E-state index contributed by atoms with van der Waals surface area (Å²) in [6, 6.07) is 14.7. The fourth-order valence-electron chi connectivity index (χ4n) is 2.21. The molecule has 0 amide bonds. The SMILES string of the molecule is CCCOc1ccc(CNc2c(C)cccc2C)cc1. The van der Waals surface area contributed by atoms with Crippen LogP contribution >= 0.6 is 0 Å². The highest BCUT2D eigenvalue weighted by atomic mass is 16.5. The second-order valence-corrected chi connectivity index (χ2v) is 5.11. The molecule has 2 rings (SSSR count). The molecule has 0 bridgehead atoms. The first-order valence-electron chi connectivity index (χ1n) is 7.22. The Balaban J connectivity index is 1.97. The fourth-order valence-corrected chi connectivity index (χ4v) is 2.21. The van der Waals surface area contributed by atoms with Crippen molar-refractivity contribution in [2.75, 3.05) is 11.9 Å². The van der Waals surface area contributed by atoms with E-state index in [1.165, 1.54) is 22.4 Å². The van der Waals surface area contributed by atoms with Crippen LogP contribution in [0.1, 0.15) is 30.0 Å². The Bertz CT molecular complexity index is 526. The third kappa shape index (κ3) is 3.77. The maximum atomic E-state index is 5.59. The topological polar surface area (TPSA) is 21.3 Å². The van der Waals surface area contributed by atoms with Crippen molar-refractivity contribution in [2.24, 2.45) is 0 Å². The average molecular weight is 269 g/mol. The summed E-state index contributed by atoms with van der Waals surface area (Å²) in [5.74, 6) is 0.947. The van der Waals surface area contributed by atoms with Crippen molar-refractivity contribution in [3.05, 3.63) is 59.2 Å². The van der Waals surface area contributed by atoms with Gasteiger partial charge in [-0.1, -0.05) is 37.3 Å². The van der Waals surface area contributed by atoms with Crippen LogP contribution in [0.25, 0.3) is 0 Å². The van der Waals surface area contributed by atoms with Gasteiger partial charge in [0, 0.05) is 12.2 Å². The molecule has 0 aromatic heterocycles. The fraction of sp³-hybridized carbons (Fsp3) is 0.333. The molecule has 20 heavy (non-hydrogen) atoms. The van der Waals surface area contributed by atoms with Crippen molar-refractivity contribution in [3.8, 4) is 5.75 Å². The molecule has 0 saturated carbocycles. The number of nitrogens with one attached hydrogen (secondary N) is 1. The predicted octanol–water partition coefficient (Wildman–Crippen LogP) is 4.70. The number of rotatable bonds is 6. The smallest absolute Gasteiger partial charge is 0.119 e. The van der Waals surface area contributed by atoms with E-state index in [0.29, 0.717) is 0 Å². The van der Waals surface area contributed by atoms with E-state index in [9.17, 15) is 0 Å². The van der Waals surface area contributed by atoms with Crippen LogP contribution in [0.15, 0.2) is 42.5 Å². The number of hydrogen-bond donors (Lipinski definition) is 1. The molecule has 2 aromatic carbocycles. The van der Waals surface area contributed by atoms with Gasteiger partial charge in [0.15, 0.2) is 0 Å². The zero-order chi connectivity index (χ0) is 14.4. The lowest BCUT2D eigenvalue weighted by Gasteiger charge is -2.13. The molecule has 0 aliphatic heterocycles. The first-order chi connectivity index (χ1) is 9.70. The van der Waals surface area contributed by atoms with E-state index in [1.54, 1.807) is 0 Å². The van der Waals surface area contributed by atoms with Gasteiger partial charge in [0.25, 0.3) is 0 Å². The van der Waals surface area contributed by atoms with E-state index in [4.69, 9.17) is 4.74 Å². The van der Waals surface area contributed by atoms with E-state index < -0.39 is 0 Å². The molecule has 0 aliphatic carbocycles. The van der Waals surface area contributed by atoms with Crippen LogP contribution in [0.5, 0.6) is 5.75 Å². The number of anilines is 1. The van der Waals surface area contributed by atoms with Gasteiger partial charge in [-0.3, -0.25) is 0 Å². The maximum Gasteiger partial charge on any atom is 0.119 e. The second kappa shape index (κ2) is 6.99. The minimum absolute atomic E-state index is 0.778. The van der Waals surface area contributed by atoms with Crippen LogP contribution in [0.3, 0.4) is 0 Å². The van der Waals surface area contributed by atoms with Crippen LogP contribution < -0.4 is 10.1 Å². The molecule has 0 heterocycles. The zero-order valence-electron chi connectivity index (χ0n) is 12.6. The van der Waals surface area contributed by atoms with Gasteiger partial charge in [-0.15, -0.1) is 0 Å². The third-order valence-electron chi connectivity index (χ3n) is 3.35. The van der Waals surface area contributed by atoms with Crippen molar-refractivity contribution in [1.29, 1.82) is 0 Å². The third-order valence-corrected chi connectivity index (χ3v) is 3.35. The first-order valence-corrected chi connectivity index (χ1v) is 7.22. The lowest BCUT2D eigenvalue weighted by Crippen LogP contribution is -2.03. The summed E-state index contributed by atoms with van der Waals surface area (Å²) >= 11 is 0. The molecule has 0 radical (unpaired) electrons. The summed E-state index contributed by atoms with van der Waals surface area (Å²) in [6.07, 6.45) is 1.04. The van der Waals surface area contributed by atoms with Crippen molar-refractivity contribution in [3.63, 3.8) is 0 Å². The van der Waals surface area contributed by atoms with Crippen LogP contribution in [0.2, 0.25) is 0 Å². The maximum absolute atomic E-state index is 5.59. The van der Waals surface area contributed by atoms with E-state index in [1.807, 2.05) is 12.1 Å². The first kappa shape index (κ1) is 14.4. The van der Waals surface area contributed by atoms with Gasteiger partial charge in [-0.2, -0.15) is 0 Å². The lowest BCUT2D eigenvalue weighted by molar-refractivity contribution is 0.317. The van der Waals surface area contributed by atoms with Crippen LogP contribution in [0.4, 0.5) is 5.69 Å². The minimum atomic E-state index is 0.778. The van der Waals surface area contributed by atoms with Crippen LogP contribution in [-0.4, -0.2) is 6.61 Å². The molecular weight excluding hydrogens is 246 g/mol. The number of benzene rings is 2. The number of hydrogen-bond acceptors (Lipinski definition) is 2. The Kier molecular flexibility index (Phi) is 5.05. The van der Waals surface area contributed by atoms with Gasteiger partial charge in [0.1, 0.15) is 5.75 Å². The molecule has 0 aliphatic rings. The summed E-state index contributed by atoms with van der Waals surface area (Å²) < 4.78 is 5.59.